The van der Waals surface area contributed by atoms with Gasteiger partial charge in [-0.25, -0.2) is 0 Å². The van der Waals surface area contributed by atoms with Crippen LogP contribution in [0.2, 0.25) is 0 Å². The molecule has 4 heavy (non-hydrogen) atoms. The summed E-state index contributed by atoms with van der Waals surface area (Å²) in [6, 6.07) is 0. The van der Waals surface area contributed by atoms with E-state index >= 15 is 0 Å². The Hall–Kier alpha value is 0.930. The molecule has 0 aromatic carbocycles. The van der Waals surface area contributed by atoms with Crippen LogP contribution >= 0.6 is 30.7 Å². The van der Waals surface area contributed by atoms with Crippen LogP contribution in [0, 0.1) is 6.26 Å². The van der Waals surface area contributed by atoms with Gasteiger partial charge >= 0.3 is 0 Å². The highest BCUT2D eigenvalue weighted by atomic mass is 36.0. The summed E-state index contributed by atoms with van der Waals surface area (Å²) in [4.78, 5) is 0. The van der Waals surface area contributed by atoms with Crippen LogP contribution in [0.3, 0.4) is 0 Å². The van der Waals surface area contributed by atoms with E-state index in [-0.39, 0.29) is 0 Å². The fourth-order valence-corrected chi connectivity index (χ4v) is 0. The van der Waals surface area contributed by atoms with Gasteiger partial charge in [0.1, 0.15) is 0 Å². The molecule has 0 aliphatic carbocycles. The topological polar surface area (TPSA) is 0 Å². The molecule has 0 amide bonds. The highest BCUT2D eigenvalue weighted by molar-refractivity contribution is 8.53. The second-order valence-electron chi connectivity index (χ2n) is 0.303. The van der Waals surface area contributed by atoms with E-state index in [2.05, 4.69) is 6.26 Å². The van der Waals surface area contributed by atoms with Crippen molar-refractivity contribution in [2.45, 2.75) is 0 Å². The van der Waals surface area contributed by atoms with Crippen molar-refractivity contribution in [1.82, 2.24) is 0 Å². The Balaban J connectivity index is 2.32. The monoisotopic (exact) mass is 117 g/mol. The minimum absolute atomic E-state index is 0.926. The van der Waals surface area contributed by atoms with Crippen LogP contribution in [-0.2, 0) is 0 Å². The van der Waals surface area contributed by atoms with Crippen LogP contribution in [0.1, 0.15) is 0 Å². The molecule has 27 valence electrons. The number of hydrogen-bond donors (Lipinski definition) is 1. The van der Waals surface area contributed by atoms with Crippen LogP contribution in [0.4, 0.5) is 0 Å². The maximum absolute atomic E-state index is 4.99. The van der Waals surface area contributed by atoms with E-state index in [1.807, 2.05) is 0 Å². The standard InChI is InChI=1S/CH3Cl2S/c1-4(2)3/h4H,1H2. The second-order valence-corrected chi connectivity index (χ2v) is 3.88. The number of thiol groups is 1. The van der Waals surface area contributed by atoms with Crippen molar-refractivity contribution in [3.05, 3.63) is 6.26 Å². The molecule has 0 fully saturated rings. The van der Waals surface area contributed by atoms with E-state index in [1.165, 1.54) is 0 Å². The van der Waals surface area contributed by atoms with E-state index in [0.717, 1.165) is 0 Å². The van der Waals surface area contributed by atoms with Crippen LogP contribution in [0.15, 0.2) is 0 Å². The summed E-state index contributed by atoms with van der Waals surface area (Å²) in [5.74, 6) is 0. The molecule has 0 bridgehead atoms. The smallest absolute Gasteiger partial charge is 0.00995 e. The van der Waals surface area contributed by atoms with Gasteiger partial charge in [-0.1, -0.05) is 30.7 Å². The number of hydrogen-bond acceptors (Lipinski definition) is 0. The van der Waals surface area contributed by atoms with Gasteiger partial charge in [0.2, 0.25) is 0 Å². The lowest BCUT2D eigenvalue weighted by molar-refractivity contribution is 2.99. The zero-order chi connectivity index (χ0) is 3.58. The van der Waals surface area contributed by atoms with E-state index < -0.39 is 9.32 Å². The zero-order valence-electron chi connectivity index (χ0n) is 1.91. The van der Waals surface area contributed by atoms with Gasteiger partial charge < -0.3 is 0 Å². The van der Waals surface area contributed by atoms with Crippen molar-refractivity contribution >= 4 is 30.7 Å². The van der Waals surface area contributed by atoms with Crippen molar-refractivity contribution in [2.24, 2.45) is 0 Å². The zero-order valence-corrected chi connectivity index (χ0v) is 4.32. The molecule has 0 rings (SSSR count). The van der Waals surface area contributed by atoms with Crippen LogP contribution in [0.5, 0.6) is 0 Å². The molecule has 0 aliphatic heterocycles. The Morgan fingerprint density at radius 2 is 1.50 bits per heavy atom. The maximum atomic E-state index is 4.99. The number of halogens is 2. The van der Waals surface area contributed by atoms with Gasteiger partial charge in [0.15, 0.2) is 0 Å². The van der Waals surface area contributed by atoms with Crippen LogP contribution < -0.4 is 0 Å². The van der Waals surface area contributed by atoms with E-state index in [9.17, 15) is 0 Å². The minimum atomic E-state index is -0.926. The number of rotatable bonds is 0. The summed E-state index contributed by atoms with van der Waals surface area (Å²) in [6.07, 6.45) is 3.23. The van der Waals surface area contributed by atoms with Gasteiger partial charge in [0, 0.05) is 6.26 Å². The van der Waals surface area contributed by atoms with Gasteiger partial charge in [0.05, 0.1) is 0 Å². The van der Waals surface area contributed by atoms with Gasteiger partial charge in [0.25, 0.3) is 0 Å². The highest BCUT2D eigenvalue weighted by Gasteiger charge is 1.67. The first-order valence-corrected chi connectivity index (χ1v) is 3.99. The average Bonchev–Trinajstić information content (AvgIpc) is 0.811. The summed E-state index contributed by atoms with van der Waals surface area (Å²) in [5.41, 5.74) is 0. The van der Waals surface area contributed by atoms with Gasteiger partial charge in [-0.05, 0) is 0 Å². The molecule has 0 aromatic rings. The minimum Gasteiger partial charge on any atom is -0.0952 e. The van der Waals surface area contributed by atoms with Crippen molar-refractivity contribution in [1.29, 1.82) is 0 Å². The molecule has 0 saturated carbocycles. The third-order valence-corrected chi connectivity index (χ3v) is 0. The molecular weight excluding hydrogens is 115 g/mol. The van der Waals surface area contributed by atoms with Crippen LogP contribution in [0.25, 0.3) is 0 Å². The lowest BCUT2D eigenvalue weighted by atomic mass is 12.0. The predicted molar refractivity (Wildman–Crippen MR) is 26.0 cm³/mol. The van der Waals surface area contributed by atoms with E-state index in [1.54, 1.807) is 0 Å². The molecule has 0 heterocycles. The van der Waals surface area contributed by atoms with Crippen molar-refractivity contribution in [3.8, 4) is 0 Å². The van der Waals surface area contributed by atoms with Gasteiger partial charge in [-0.2, -0.15) is 0 Å². The third-order valence-electron chi connectivity index (χ3n) is 0. The first-order valence-electron chi connectivity index (χ1n) is 0.654. The maximum Gasteiger partial charge on any atom is 0.00995 e. The lowest BCUT2D eigenvalue weighted by Crippen LogP contribution is -1.19. The molecular formula is CH3Cl2S. The Labute approximate surface area is 37.4 Å². The molecule has 0 saturated heterocycles. The van der Waals surface area contributed by atoms with E-state index in [4.69, 9.17) is 21.4 Å². The normalized spacial score (nSPS) is 11.2. The fourth-order valence-electron chi connectivity index (χ4n) is 0. The summed E-state index contributed by atoms with van der Waals surface area (Å²) < 4.78 is 0. The van der Waals surface area contributed by atoms with Crippen molar-refractivity contribution in [2.75, 3.05) is 0 Å². The highest BCUT2D eigenvalue weighted by Crippen LogP contribution is 2.32. The molecule has 0 N–H and O–H groups in total. The Morgan fingerprint density at radius 1 is 1.50 bits per heavy atom. The molecule has 3 heteroatoms. The second kappa shape index (κ2) is 2.18. The Kier molecular flexibility index (Phi) is 2.69. The van der Waals surface area contributed by atoms with Gasteiger partial charge in [-0.15, -0.1) is 0 Å². The average molecular weight is 118 g/mol. The molecule has 1 radical (unpaired) electrons. The summed E-state index contributed by atoms with van der Waals surface area (Å²) >= 11 is 0. The quantitative estimate of drug-likeness (QED) is 0.462. The first-order chi connectivity index (χ1) is 1.73. The van der Waals surface area contributed by atoms with Crippen molar-refractivity contribution in [3.63, 3.8) is 0 Å². The van der Waals surface area contributed by atoms with Gasteiger partial charge in [-0.3, -0.25) is 0 Å². The van der Waals surface area contributed by atoms with Crippen molar-refractivity contribution < 1.29 is 0 Å². The predicted octanol–water partition coefficient (Wildman–Crippen LogP) is 2.09. The SMILES string of the molecule is [CH2][SH](Cl)Cl. The lowest BCUT2D eigenvalue weighted by Gasteiger charge is -1.80. The summed E-state index contributed by atoms with van der Waals surface area (Å²) in [7, 11) is 9.06. The summed E-state index contributed by atoms with van der Waals surface area (Å²) in [6.45, 7) is 0. The summed E-state index contributed by atoms with van der Waals surface area (Å²) in [5, 5.41) is 0. The largest absolute Gasteiger partial charge is 0.0952 e. The molecule has 0 aromatic heterocycles. The van der Waals surface area contributed by atoms with Crippen LogP contribution in [-0.4, -0.2) is 0 Å². The molecule has 0 aliphatic rings. The Bertz CT molecular complexity index is 10.8. The molecule has 0 atom stereocenters. The molecule has 0 unspecified atom stereocenters. The molecule has 0 spiro atoms. The molecule has 0 nitrogen and oxygen atoms in total. The third kappa shape index (κ3) is 12.6. The first kappa shape index (κ1) is 4.93. The Morgan fingerprint density at radius 3 is 1.50 bits per heavy atom. The van der Waals surface area contributed by atoms with E-state index in [0.29, 0.717) is 0 Å². The fraction of sp³-hybridized carbons (Fsp3) is 0.